The molecule has 2 aromatic carbocycles. The van der Waals surface area contributed by atoms with E-state index in [4.69, 9.17) is 4.74 Å². The van der Waals surface area contributed by atoms with Crippen LogP contribution in [0.5, 0.6) is 5.75 Å². The predicted octanol–water partition coefficient (Wildman–Crippen LogP) is 3.68. The Hall–Kier alpha value is -3.35. The van der Waals surface area contributed by atoms with Gasteiger partial charge in [-0.15, -0.1) is 0 Å². The molecule has 1 aliphatic rings. The summed E-state index contributed by atoms with van der Waals surface area (Å²) in [7, 11) is 0. The van der Waals surface area contributed by atoms with Gasteiger partial charge in [-0.3, -0.25) is 14.4 Å². The third-order valence-electron chi connectivity index (χ3n) is 5.09. The molecule has 2 aromatic rings. The Morgan fingerprint density at radius 3 is 2.42 bits per heavy atom. The largest absolute Gasteiger partial charge is 0.484 e. The molecule has 1 unspecified atom stereocenters. The van der Waals surface area contributed by atoms with E-state index < -0.39 is 6.04 Å². The Labute approximate surface area is 182 Å². The predicted molar refractivity (Wildman–Crippen MR) is 120 cm³/mol. The van der Waals surface area contributed by atoms with Crippen molar-refractivity contribution in [2.45, 2.75) is 39.2 Å². The SMILES string of the molecule is CCCN(C(=O)COc1cccc(NC(=O)C2CC2)c1)C(C)C(=O)Nc1ccccc1. The first-order chi connectivity index (χ1) is 15.0. The van der Waals surface area contributed by atoms with Gasteiger partial charge in [-0.1, -0.05) is 31.2 Å². The zero-order valence-electron chi connectivity index (χ0n) is 18.0. The van der Waals surface area contributed by atoms with E-state index in [-0.39, 0.29) is 30.2 Å². The molecule has 0 aliphatic heterocycles. The molecule has 0 saturated heterocycles. The number of carbonyl (C=O) groups excluding carboxylic acids is 3. The van der Waals surface area contributed by atoms with Crippen molar-refractivity contribution >= 4 is 29.1 Å². The minimum absolute atomic E-state index is 0.0144. The van der Waals surface area contributed by atoms with Gasteiger partial charge in [0.05, 0.1) is 0 Å². The lowest BCUT2D eigenvalue weighted by Crippen LogP contribution is -2.47. The topological polar surface area (TPSA) is 87.7 Å². The molecule has 0 spiro atoms. The van der Waals surface area contributed by atoms with Gasteiger partial charge in [0.2, 0.25) is 11.8 Å². The van der Waals surface area contributed by atoms with Crippen LogP contribution in [0.2, 0.25) is 0 Å². The number of benzene rings is 2. The highest BCUT2D eigenvalue weighted by atomic mass is 16.5. The average Bonchev–Trinajstić information content (AvgIpc) is 3.62. The van der Waals surface area contributed by atoms with Crippen LogP contribution < -0.4 is 15.4 Å². The summed E-state index contributed by atoms with van der Waals surface area (Å²) < 4.78 is 5.67. The number of para-hydroxylation sites is 1. The van der Waals surface area contributed by atoms with Gasteiger partial charge in [-0.05, 0) is 50.5 Å². The second kappa shape index (κ2) is 10.6. The minimum Gasteiger partial charge on any atom is -0.484 e. The zero-order valence-corrected chi connectivity index (χ0v) is 18.0. The second-order valence-electron chi connectivity index (χ2n) is 7.70. The maximum Gasteiger partial charge on any atom is 0.261 e. The molecule has 0 bridgehead atoms. The maximum atomic E-state index is 12.8. The number of nitrogens with zero attached hydrogens (tertiary/aromatic N) is 1. The smallest absolute Gasteiger partial charge is 0.261 e. The molecular formula is C24H29N3O4. The fourth-order valence-corrected chi connectivity index (χ4v) is 3.17. The quantitative estimate of drug-likeness (QED) is 0.610. The molecular weight excluding hydrogens is 394 g/mol. The van der Waals surface area contributed by atoms with Crippen LogP contribution in [-0.2, 0) is 14.4 Å². The molecule has 0 aromatic heterocycles. The Balaban J connectivity index is 1.57. The van der Waals surface area contributed by atoms with E-state index >= 15 is 0 Å². The number of amides is 3. The maximum absolute atomic E-state index is 12.8. The number of hydrogen-bond donors (Lipinski definition) is 2. The summed E-state index contributed by atoms with van der Waals surface area (Å²) in [6, 6.07) is 15.5. The summed E-state index contributed by atoms with van der Waals surface area (Å²) in [4.78, 5) is 38.9. The first-order valence-corrected chi connectivity index (χ1v) is 10.7. The Morgan fingerprint density at radius 2 is 1.74 bits per heavy atom. The van der Waals surface area contributed by atoms with E-state index in [1.165, 1.54) is 4.90 Å². The Bertz CT molecular complexity index is 912. The monoisotopic (exact) mass is 423 g/mol. The number of ether oxygens (including phenoxy) is 1. The van der Waals surface area contributed by atoms with Crippen LogP contribution in [-0.4, -0.2) is 41.8 Å². The molecule has 7 heteroatoms. The summed E-state index contributed by atoms with van der Waals surface area (Å²) in [5.74, 6) is 0.0837. The molecule has 1 fully saturated rings. The van der Waals surface area contributed by atoms with Crippen LogP contribution in [0.3, 0.4) is 0 Å². The molecule has 1 aliphatic carbocycles. The molecule has 7 nitrogen and oxygen atoms in total. The molecule has 2 N–H and O–H groups in total. The molecule has 0 heterocycles. The van der Waals surface area contributed by atoms with Gasteiger partial charge in [0.25, 0.3) is 5.91 Å². The van der Waals surface area contributed by atoms with E-state index in [1.54, 1.807) is 43.3 Å². The van der Waals surface area contributed by atoms with E-state index in [9.17, 15) is 14.4 Å². The highest BCUT2D eigenvalue weighted by Gasteiger charge is 2.29. The third-order valence-corrected chi connectivity index (χ3v) is 5.09. The van der Waals surface area contributed by atoms with Gasteiger partial charge in [-0.25, -0.2) is 0 Å². The van der Waals surface area contributed by atoms with Crippen molar-refractivity contribution in [1.82, 2.24) is 4.90 Å². The highest BCUT2D eigenvalue weighted by molar-refractivity contribution is 5.97. The van der Waals surface area contributed by atoms with E-state index in [1.807, 2.05) is 25.1 Å². The summed E-state index contributed by atoms with van der Waals surface area (Å²) in [5, 5.41) is 5.70. The van der Waals surface area contributed by atoms with Crippen LogP contribution in [0.25, 0.3) is 0 Å². The van der Waals surface area contributed by atoms with Gasteiger partial charge in [-0.2, -0.15) is 0 Å². The third kappa shape index (κ3) is 6.57. The van der Waals surface area contributed by atoms with Crippen molar-refractivity contribution in [1.29, 1.82) is 0 Å². The number of nitrogens with one attached hydrogen (secondary N) is 2. The van der Waals surface area contributed by atoms with Gasteiger partial charge in [0, 0.05) is 29.9 Å². The van der Waals surface area contributed by atoms with Gasteiger partial charge in [0.1, 0.15) is 11.8 Å². The molecule has 3 rings (SSSR count). The van der Waals surface area contributed by atoms with Gasteiger partial charge in [0.15, 0.2) is 6.61 Å². The van der Waals surface area contributed by atoms with Crippen LogP contribution in [0.15, 0.2) is 54.6 Å². The minimum atomic E-state index is -0.638. The molecule has 3 amide bonds. The molecule has 1 saturated carbocycles. The lowest BCUT2D eigenvalue weighted by atomic mass is 10.2. The number of carbonyl (C=O) groups is 3. The molecule has 1 atom stereocenters. The van der Waals surface area contributed by atoms with Crippen LogP contribution >= 0.6 is 0 Å². The van der Waals surface area contributed by atoms with Gasteiger partial charge >= 0.3 is 0 Å². The number of rotatable bonds is 10. The van der Waals surface area contributed by atoms with Crippen molar-refractivity contribution in [2.75, 3.05) is 23.8 Å². The highest BCUT2D eigenvalue weighted by Crippen LogP contribution is 2.30. The van der Waals surface area contributed by atoms with Crippen molar-refractivity contribution in [3.63, 3.8) is 0 Å². The van der Waals surface area contributed by atoms with E-state index in [2.05, 4.69) is 10.6 Å². The molecule has 0 radical (unpaired) electrons. The fraction of sp³-hybridized carbons (Fsp3) is 0.375. The average molecular weight is 424 g/mol. The van der Waals surface area contributed by atoms with Crippen LogP contribution in [0.1, 0.15) is 33.1 Å². The van der Waals surface area contributed by atoms with E-state index in [0.717, 1.165) is 19.3 Å². The van der Waals surface area contributed by atoms with Crippen molar-refractivity contribution in [3.05, 3.63) is 54.6 Å². The normalized spacial score (nSPS) is 13.7. The molecule has 164 valence electrons. The summed E-state index contributed by atoms with van der Waals surface area (Å²) >= 11 is 0. The summed E-state index contributed by atoms with van der Waals surface area (Å²) in [6.07, 6.45) is 2.58. The number of hydrogen-bond acceptors (Lipinski definition) is 4. The van der Waals surface area contributed by atoms with Crippen LogP contribution in [0.4, 0.5) is 11.4 Å². The summed E-state index contributed by atoms with van der Waals surface area (Å²) in [5.41, 5.74) is 1.33. The van der Waals surface area contributed by atoms with Crippen molar-refractivity contribution in [3.8, 4) is 5.75 Å². The standard InChI is InChI=1S/C24H29N3O4/c1-3-14-27(17(2)23(29)25-19-8-5-4-6-9-19)22(28)16-31-21-11-7-10-20(15-21)26-24(30)18-12-13-18/h4-11,15,17-18H,3,12-14,16H2,1-2H3,(H,25,29)(H,26,30). The van der Waals surface area contributed by atoms with Gasteiger partial charge < -0.3 is 20.3 Å². The fourth-order valence-electron chi connectivity index (χ4n) is 3.17. The number of anilines is 2. The first kappa shape index (κ1) is 22.3. The second-order valence-corrected chi connectivity index (χ2v) is 7.70. The van der Waals surface area contributed by atoms with E-state index in [0.29, 0.717) is 23.7 Å². The lowest BCUT2D eigenvalue weighted by molar-refractivity contribution is -0.139. The first-order valence-electron chi connectivity index (χ1n) is 10.7. The summed E-state index contributed by atoms with van der Waals surface area (Å²) in [6.45, 7) is 3.92. The Morgan fingerprint density at radius 1 is 1.03 bits per heavy atom. The van der Waals surface area contributed by atoms with Crippen LogP contribution in [0, 0.1) is 5.92 Å². The van der Waals surface area contributed by atoms with Crippen molar-refractivity contribution < 1.29 is 19.1 Å². The Kier molecular flexibility index (Phi) is 7.65. The van der Waals surface area contributed by atoms with Crippen molar-refractivity contribution in [2.24, 2.45) is 5.92 Å². The molecule has 31 heavy (non-hydrogen) atoms. The zero-order chi connectivity index (χ0) is 22.2. The lowest BCUT2D eigenvalue weighted by Gasteiger charge is -2.28.